The van der Waals surface area contributed by atoms with E-state index in [0.29, 0.717) is 11.3 Å². The number of benzene rings is 1. The molecule has 4 heteroatoms. The van der Waals surface area contributed by atoms with Crippen LogP contribution in [-0.4, -0.2) is 22.2 Å². The normalized spacial score (nSPS) is 10.1. The molecule has 2 aromatic rings. The molecule has 0 aliphatic rings. The number of hydrogen-bond donors (Lipinski definition) is 0. The highest BCUT2D eigenvalue weighted by atomic mass is 16.5. The van der Waals surface area contributed by atoms with Crippen molar-refractivity contribution in [3.63, 3.8) is 0 Å². The van der Waals surface area contributed by atoms with Crippen molar-refractivity contribution in [3.8, 4) is 5.75 Å². The molecule has 82 valence electrons. The van der Waals surface area contributed by atoms with Crippen LogP contribution < -0.4 is 4.74 Å². The van der Waals surface area contributed by atoms with Crippen molar-refractivity contribution in [2.24, 2.45) is 7.05 Å². The Kier molecular flexibility index (Phi) is 3.00. The van der Waals surface area contributed by atoms with Gasteiger partial charge in [-0.15, -0.1) is 0 Å². The molecule has 0 unspecified atom stereocenters. The van der Waals surface area contributed by atoms with Crippen LogP contribution in [0.3, 0.4) is 0 Å². The molecule has 4 nitrogen and oxygen atoms in total. The molecule has 0 saturated heterocycles. The lowest BCUT2D eigenvalue weighted by Gasteiger charge is -2.03. The Morgan fingerprint density at radius 1 is 1.38 bits per heavy atom. The minimum Gasteiger partial charge on any atom is -0.485 e. The number of ether oxygens (including phenoxy) is 1. The first-order chi connectivity index (χ1) is 7.75. The second kappa shape index (κ2) is 4.61. The molecule has 0 aliphatic carbocycles. The summed E-state index contributed by atoms with van der Waals surface area (Å²) in [4.78, 5) is 11.7. The fourth-order valence-corrected chi connectivity index (χ4v) is 1.31. The molecule has 0 spiro atoms. The van der Waals surface area contributed by atoms with Crippen LogP contribution in [0.2, 0.25) is 0 Å². The van der Waals surface area contributed by atoms with Crippen LogP contribution in [-0.2, 0) is 7.05 Å². The third-order valence-electron chi connectivity index (χ3n) is 2.14. The van der Waals surface area contributed by atoms with Crippen molar-refractivity contribution in [2.45, 2.75) is 0 Å². The number of rotatable bonds is 4. The number of nitrogens with zero attached hydrogens (tertiary/aromatic N) is 2. The second-order valence-corrected chi connectivity index (χ2v) is 3.43. The number of aryl methyl sites for hydroxylation is 1. The van der Waals surface area contributed by atoms with Gasteiger partial charge in [0.1, 0.15) is 5.75 Å². The van der Waals surface area contributed by atoms with E-state index in [9.17, 15) is 4.79 Å². The highest BCUT2D eigenvalue weighted by Gasteiger charge is 2.08. The van der Waals surface area contributed by atoms with Gasteiger partial charge in [-0.25, -0.2) is 0 Å². The van der Waals surface area contributed by atoms with Gasteiger partial charge in [-0.2, -0.15) is 5.10 Å². The maximum absolute atomic E-state index is 11.7. The summed E-state index contributed by atoms with van der Waals surface area (Å²) < 4.78 is 6.94. The molecular formula is C12H12N2O2. The van der Waals surface area contributed by atoms with Gasteiger partial charge in [0.05, 0.1) is 11.8 Å². The molecule has 2 rings (SSSR count). The van der Waals surface area contributed by atoms with Crippen LogP contribution in [0.4, 0.5) is 0 Å². The first kappa shape index (κ1) is 10.4. The lowest BCUT2D eigenvalue weighted by atomic mass is 10.2. The van der Waals surface area contributed by atoms with Crippen LogP contribution >= 0.6 is 0 Å². The van der Waals surface area contributed by atoms with Gasteiger partial charge < -0.3 is 4.74 Å². The molecule has 0 radical (unpaired) electrons. The summed E-state index contributed by atoms with van der Waals surface area (Å²) in [7, 11) is 1.77. The Bertz CT molecular complexity index is 477. The molecule has 0 saturated carbocycles. The molecule has 0 amide bonds. The minimum absolute atomic E-state index is 0.0374. The fourth-order valence-electron chi connectivity index (χ4n) is 1.31. The van der Waals surface area contributed by atoms with E-state index in [4.69, 9.17) is 4.74 Å². The van der Waals surface area contributed by atoms with Gasteiger partial charge in [-0.3, -0.25) is 9.48 Å². The highest BCUT2D eigenvalue weighted by molar-refractivity contribution is 5.96. The molecule has 1 heterocycles. The average molecular weight is 216 g/mol. The number of para-hydroxylation sites is 1. The van der Waals surface area contributed by atoms with Crippen molar-refractivity contribution in [3.05, 3.63) is 48.3 Å². The highest BCUT2D eigenvalue weighted by Crippen LogP contribution is 2.09. The minimum atomic E-state index is -0.0723. The van der Waals surface area contributed by atoms with Crippen molar-refractivity contribution >= 4 is 5.78 Å². The van der Waals surface area contributed by atoms with Crippen LogP contribution in [0.15, 0.2) is 42.7 Å². The predicted molar refractivity (Wildman–Crippen MR) is 59.5 cm³/mol. The van der Waals surface area contributed by atoms with E-state index < -0.39 is 0 Å². The molecule has 16 heavy (non-hydrogen) atoms. The molecule has 0 fully saturated rings. The molecule has 0 N–H and O–H groups in total. The number of carbonyl (C=O) groups is 1. The number of carbonyl (C=O) groups excluding carboxylic acids is 1. The SMILES string of the molecule is Cn1cc(C(=O)COc2ccccc2)cn1. The van der Waals surface area contributed by atoms with E-state index in [1.165, 1.54) is 6.20 Å². The smallest absolute Gasteiger partial charge is 0.203 e. The first-order valence-electron chi connectivity index (χ1n) is 4.95. The van der Waals surface area contributed by atoms with Gasteiger partial charge in [-0.05, 0) is 12.1 Å². The van der Waals surface area contributed by atoms with E-state index in [-0.39, 0.29) is 12.4 Å². The maximum Gasteiger partial charge on any atom is 0.203 e. The third kappa shape index (κ3) is 2.48. The molecule has 1 aromatic heterocycles. The van der Waals surface area contributed by atoms with Crippen molar-refractivity contribution < 1.29 is 9.53 Å². The number of ketones is 1. The Morgan fingerprint density at radius 3 is 2.75 bits per heavy atom. The summed E-state index contributed by atoms with van der Waals surface area (Å²) in [6.45, 7) is 0.0374. The second-order valence-electron chi connectivity index (χ2n) is 3.43. The van der Waals surface area contributed by atoms with Crippen LogP contribution in [0.5, 0.6) is 5.75 Å². The summed E-state index contributed by atoms with van der Waals surface area (Å²) in [5, 5.41) is 3.93. The van der Waals surface area contributed by atoms with Crippen molar-refractivity contribution in [1.82, 2.24) is 9.78 Å². The summed E-state index contributed by atoms with van der Waals surface area (Å²) >= 11 is 0. The summed E-state index contributed by atoms with van der Waals surface area (Å²) in [6.07, 6.45) is 3.22. The summed E-state index contributed by atoms with van der Waals surface area (Å²) in [5.74, 6) is 0.622. The molecule has 0 atom stereocenters. The number of aromatic nitrogens is 2. The Morgan fingerprint density at radius 2 is 2.12 bits per heavy atom. The lowest BCUT2D eigenvalue weighted by molar-refractivity contribution is 0.0921. The van der Waals surface area contributed by atoms with E-state index in [2.05, 4.69) is 5.10 Å². The topological polar surface area (TPSA) is 44.1 Å². The standard InChI is InChI=1S/C12H12N2O2/c1-14-8-10(7-13-14)12(15)9-16-11-5-3-2-4-6-11/h2-8H,9H2,1H3. The Hall–Kier alpha value is -2.10. The van der Waals surface area contributed by atoms with Gasteiger partial charge in [0.15, 0.2) is 6.61 Å². The van der Waals surface area contributed by atoms with E-state index in [1.807, 2.05) is 30.3 Å². The van der Waals surface area contributed by atoms with E-state index >= 15 is 0 Å². The quantitative estimate of drug-likeness (QED) is 0.730. The summed E-state index contributed by atoms with van der Waals surface area (Å²) in [5.41, 5.74) is 0.568. The first-order valence-corrected chi connectivity index (χ1v) is 4.95. The van der Waals surface area contributed by atoms with Gasteiger partial charge in [0, 0.05) is 13.2 Å². The van der Waals surface area contributed by atoms with Gasteiger partial charge in [-0.1, -0.05) is 18.2 Å². The average Bonchev–Trinajstić information content (AvgIpc) is 2.74. The zero-order chi connectivity index (χ0) is 11.4. The summed E-state index contributed by atoms with van der Waals surface area (Å²) in [6, 6.07) is 9.26. The lowest BCUT2D eigenvalue weighted by Crippen LogP contribution is -2.10. The molecule has 1 aromatic carbocycles. The van der Waals surface area contributed by atoms with E-state index in [1.54, 1.807) is 17.9 Å². The molecular weight excluding hydrogens is 204 g/mol. The van der Waals surface area contributed by atoms with Crippen LogP contribution in [0.1, 0.15) is 10.4 Å². The molecule has 0 bridgehead atoms. The zero-order valence-electron chi connectivity index (χ0n) is 8.96. The largest absolute Gasteiger partial charge is 0.485 e. The van der Waals surface area contributed by atoms with Crippen LogP contribution in [0, 0.1) is 0 Å². The monoisotopic (exact) mass is 216 g/mol. The van der Waals surface area contributed by atoms with Crippen LogP contribution in [0.25, 0.3) is 0 Å². The number of Topliss-reactive ketones (excluding diaryl/α,β-unsaturated/α-hetero) is 1. The van der Waals surface area contributed by atoms with Crippen molar-refractivity contribution in [2.75, 3.05) is 6.61 Å². The zero-order valence-corrected chi connectivity index (χ0v) is 8.96. The van der Waals surface area contributed by atoms with E-state index in [0.717, 1.165) is 0 Å². The number of hydrogen-bond acceptors (Lipinski definition) is 3. The third-order valence-corrected chi connectivity index (χ3v) is 2.14. The van der Waals surface area contributed by atoms with Gasteiger partial charge >= 0.3 is 0 Å². The van der Waals surface area contributed by atoms with Gasteiger partial charge in [0.2, 0.25) is 5.78 Å². The molecule has 0 aliphatic heterocycles. The van der Waals surface area contributed by atoms with Crippen molar-refractivity contribution in [1.29, 1.82) is 0 Å². The Balaban J connectivity index is 1.94. The maximum atomic E-state index is 11.7. The fraction of sp³-hybridized carbons (Fsp3) is 0.167. The van der Waals surface area contributed by atoms with Gasteiger partial charge in [0.25, 0.3) is 0 Å². The Labute approximate surface area is 93.5 Å². The predicted octanol–water partition coefficient (Wildman–Crippen LogP) is 1.68.